The van der Waals surface area contributed by atoms with Crippen molar-refractivity contribution in [3.63, 3.8) is 0 Å². The van der Waals surface area contributed by atoms with Crippen LogP contribution in [0.1, 0.15) is 30.9 Å². The maximum Gasteiger partial charge on any atom is 0.115 e. The number of aromatic nitrogens is 1. The second-order valence-electron chi connectivity index (χ2n) is 7.71. The van der Waals surface area contributed by atoms with Crippen molar-refractivity contribution in [2.45, 2.75) is 37.8 Å². The molecule has 3 aromatic rings. The highest BCUT2D eigenvalue weighted by Crippen LogP contribution is 2.34. The molecule has 0 spiro atoms. The number of pyridine rings is 1. The lowest BCUT2D eigenvalue weighted by Crippen LogP contribution is -2.21. The smallest absolute Gasteiger partial charge is 0.115 e. The van der Waals surface area contributed by atoms with Gasteiger partial charge in [0.1, 0.15) is 11.1 Å². The zero-order chi connectivity index (χ0) is 22.9. The summed E-state index contributed by atoms with van der Waals surface area (Å²) in [5.74, 6) is 1.20. The number of thioether (sulfide) groups is 1. The molecule has 2 aromatic carbocycles. The van der Waals surface area contributed by atoms with Crippen molar-refractivity contribution in [2.75, 3.05) is 17.3 Å². The number of aliphatic hydroxyl groups excluding tert-OH is 1. The Morgan fingerprint density at radius 2 is 1.84 bits per heavy atom. The molecule has 0 aliphatic rings. The van der Waals surface area contributed by atoms with Gasteiger partial charge < -0.3 is 5.11 Å². The number of hydrogen-bond acceptors (Lipinski definition) is 5. The molecule has 0 saturated carbocycles. The Labute approximate surface area is 197 Å². The number of aliphatic hydroxyl groups is 1. The Morgan fingerprint density at radius 3 is 2.50 bits per heavy atom. The minimum absolute atomic E-state index is 0.248. The van der Waals surface area contributed by atoms with Crippen molar-refractivity contribution in [1.82, 2.24) is 4.98 Å². The number of rotatable bonds is 10. The molecule has 0 radical (unpaired) electrons. The van der Waals surface area contributed by atoms with Crippen LogP contribution < -0.4 is 0 Å². The Bertz CT molecular complexity index is 1090. The summed E-state index contributed by atoms with van der Waals surface area (Å²) in [6.07, 6.45) is 1.17. The summed E-state index contributed by atoms with van der Waals surface area (Å²) in [6.45, 7) is 4.10. The van der Waals surface area contributed by atoms with E-state index in [-0.39, 0.29) is 5.75 Å². The summed E-state index contributed by atoms with van der Waals surface area (Å²) in [5, 5.41) is 21.0. The van der Waals surface area contributed by atoms with Gasteiger partial charge in [0.05, 0.1) is 23.1 Å². The molecule has 1 N–H and O–H groups in total. The highest BCUT2D eigenvalue weighted by molar-refractivity contribution is 7.99. The molecule has 0 saturated heterocycles. The predicted molar refractivity (Wildman–Crippen MR) is 134 cm³/mol. The van der Waals surface area contributed by atoms with Crippen molar-refractivity contribution in [3.05, 3.63) is 71.8 Å². The third kappa shape index (κ3) is 6.52. The highest BCUT2D eigenvalue weighted by atomic mass is 32.2. The summed E-state index contributed by atoms with van der Waals surface area (Å²) in [6, 6.07) is 22.2. The predicted octanol–water partition coefficient (Wildman–Crippen LogP) is 5.60. The molecule has 4 nitrogen and oxygen atoms in total. The maximum absolute atomic E-state index is 12.1. The number of nitriles is 1. The average molecular weight is 465 g/mol. The van der Waals surface area contributed by atoms with Crippen LogP contribution in [0.2, 0.25) is 0 Å². The molecule has 2 atom stereocenters. The number of benzene rings is 2. The standard InChI is InChI=1S/C26H28N2O2S2/c1-3-4-14-32(30)18-22(29)17-31-26-24(16-27)23(20-8-6-5-7-9-20)15-25(28-26)21-12-10-19(2)11-13-21/h5-13,15,22,29H,3-4,14,17-18H2,1-2H3/t22-,32-/m1/s1. The molecule has 0 fully saturated rings. The van der Waals surface area contributed by atoms with Crippen LogP contribution in [0.3, 0.4) is 0 Å². The van der Waals surface area contributed by atoms with Gasteiger partial charge in [-0.2, -0.15) is 5.26 Å². The van der Waals surface area contributed by atoms with Crippen molar-refractivity contribution < 1.29 is 9.32 Å². The molecule has 0 amide bonds. The number of unbranched alkanes of at least 4 members (excludes halogenated alkanes) is 1. The number of hydrogen-bond donors (Lipinski definition) is 1. The zero-order valence-electron chi connectivity index (χ0n) is 18.5. The van der Waals surface area contributed by atoms with Crippen molar-refractivity contribution in [2.24, 2.45) is 0 Å². The van der Waals surface area contributed by atoms with Gasteiger partial charge in [-0.1, -0.05) is 73.5 Å². The van der Waals surface area contributed by atoms with E-state index in [0.29, 0.717) is 22.1 Å². The lowest BCUT2D eigenvalue weighted by atomic mass is 9.99. The Hall–Kier alpha value is -2.46. The van der Waals surface area contributed by atoms with Crippen LogP contribution in [-0.4, -0.2) is 37.7 Å². The van der Waals surface area contributed by atoms with E-state index in [1.807, 2.05) is 67.6 Å². The van der Waals surface area contributed by atoms with E-state index in [4.69, 9.17) is 4.98 Å². The van der Waals surface area contributed by atoms with Gasteiger partial charge in [0, 0.05) is 33.4 Å². The van der Waals surface area contributed by atoms with Gasteiger partial charge in [-0.05, 0) is 25.0 Å². The van der Waals surface area contributed by atoms with Crippen LogP contribution in [0, 0.1) is 18.3 Å². The molecule has 1 heterocycles. The first-order chi connectivity index (χ1) is 15.5. The maximum atomic E-state index is 12.1. The van der Waals surface area contributed by atoms with E-state index < -0.39 is 16.9 Å². The van der Waals surface area contributed by atoms with Gasteiger partial charge in [-0.25, -0.2) is 4.98 Å². The van der Waals surface area contributed by atoms with E-state index in [2.05, 4.69) is 13.0 Å². The monoisotopic (exact) mass is 464 g/mol. The SMILES string of the molecule is CCCC[S@@](=O)C[C@H](O)CSc1nc(-c2ccc(C)cc2)cc(-c2ccccc2)c1C#N. The molecule has 32 heavy (non-hydrogen) atoms. The molecule has 0 bridgehead atoms. The molecule has 1 aromatic heterocycles. The second-order valence-corrected chi connectivity index (χ2v) is 10.3. The Kier molecular flexibility index (Phi) is 9.04. The number of aryl methyl sites for hydroxylation is 1. The largest absolute Gasteiger partial charge is 0.391 e. The first-order valence-corrected chi connectivity index (χ1v) is 13.2. The lowest BCUT2D eigenvalue weighted by Gasteiger charge is -2.14. The third-order valence-corrected chi connectivity index (χ3v) is 7.67. The summed E-state index contributed by atoms with van der Waals surface area (Å²) in [5.41, 5.74) is 5.19. The van der Waals surface area contributed by atoms with Crippen LogP contribution in [0.15, 0.2) is 65.7 Å². The molecular formula is C26H28N2O2S2. The van der Waals surface area contributed by atoms with Crippen LogP contribution in [0.5, 0.6) is 0 Å². The fraction of sp³-hybridized carbons (Fsp3) is 0.308. The number of nitrogens with zero attached hydrogens (tertiary/aromatic N) is 2. The van der Waals surface area contributed by atoms with E-state index >= 15 is 0 Å². The van der Waals surface area contributed by atoms with Gasteiger partial charge in [0.15, 0.2) is 0 Å². The Balaban J connectivity index is 1.93. The van der Waals surface area contributed by atoms with Crippen LogP contribution >= 0.6 is 11.8 Å². The molecule has 6 heteroatoms. The van der Waals surface area contributed by atoms with E-state index in [0.717, 1.165) is 35.2 Å². The van der Waals surface area contributed by atoms with Crippen molar-refractivity contribution >= 4 is 22.6 Å². The minimum Gasteiger partial charge on any atom is -0.391 e. The fourth-order valence-electron chi connectivity index (χ4n) is 3.28. The first kappa shape index (κ1) is 24.2. The summed E-state index contributed by atoms with van der Waals surface area (Å²) in [4.78, 5) is 4.78. The molecule has 0 aliphatic carbocycles. The van der Waals surface area contributed by atoms with E-state index in [1.54, 1.807) is 0 Å². The van der Waals surface area contributed by atoms with Crippen molar-refractivity contribution in [1.29, 1.82) is 5.26 Å². The first-order valence-electron chi connectivity index (χ1n) is 10.7. The van der Waals surface area contributed by atoms with Gasteiger partial charge in [0.25, 0.3) is 0 Å². The summed E-state index contributed by atoms with van der Waals surface area (Å²) in [7, 11) is -1.03. The average Bonchev–Trinajstić information content (AvgIpc) is 2.81. The van der Waals surface area contributed by atoms with Gasteiger partial charge >= 0.3 is 0 Å². The summed E-state index contributed by atoms with van der Waals surface area (Å²) >= 11 is 1.35. The zero-order valence-corrected chi connectivity index (χ0v) is 20.1. The topological polar surface area (TPSA) is 74.0 Å². The second kappa shape index (κ2) is 12.0. The van der Waals surface area contributed by atoms with Crippen LogP contribution in [0.25, 0.3) is 22.4 Å². The molecule has 0 aliphatic heterocycles. The quantitative estimate of drug-likeness (QED) is 0.396. The molecule has 0 unspecified atom stereocenters. The van der Waals surface area contributed by atoms with Crippen molar-refractivity contribution in [3.8, 4) is 28.5 Å². The molecular weight excluding hydrogens is 436 g/mol. The highest BCUT2D eigenvalue weighted by Gasteiger charge is 2.18. The Morgan fingerprint density at radius 1 is 1.12 bits per heavy atom. The third-order valence-electron chi connectivity index (χ3n) is 5.05. The lowest BCUT2D eigenvalue weighted by molar-refractivity contribution is 0.224. The van der Waals surface area contributed by atoms with Gasteiger partial charge in [-0.15, -0.1) is 11.8 Å². The fourth-order valence-corrected chi connectivity index (χ4v) is 5.68. The minimum atomic E-state index is -1.03. The van der Waals surface area contributed by atoms with E-state index in [9.17, 15) is 14.6 Å². The van der Waals surface area contributed by atoms with Crippen LogP contribution in [0.4, 0.5) is 0 Å². The van der Waals surface area contributed by atoms with Gasteiger partial charge in [0.2, 0.25) is 0 Å². The summed E-state index contributed by atoms with van der Waals surface area (Å²) < 4.78 is 12.1. The van der Waals surface area contributed by atoms with Gasteiger partial charge in [-0.3, -0.25) is 4.21 Å². The molecule has 166 valence electrons. The van der Waals surface area contributed by atoms with Crippen LogP contribution in [-0.2, 0) is 10.8 Å². The molecule has 3 rings (SSSR count). The normalized spacial score (nSPS) is 12.8. The van der Waals surface area contributed by atoms with E-state index in [1.165, 1.54) is 17.3 Å².